The molecule has 0 aliphatic heterocycles. The Labute approximate surface area is 143 Å². The summed E-state index contributed by atoms with van der Waals surface area (Å²) in [5.74, 6) is -1.13. The maximum atomic E-state index is 12.6. The van der Waals surface area contributed by atoms with Crippen LogP contribution in [0.5, 0.6) is 0 Å². The van der Waals surface area contributed by atoms with Gasteiger partial charge in [-0.3, -0.25) is 0 Å². The van der Waals surface area contributed by atoms with Crippen LogP contribution in [0.3, 0.4) is 0 Å². The van der Waals surface area contributed by atoms with Gasteiger partial charge in [0.15, 0.2) is 0 Å². The Hall–Kier alpha value is -1.44. The Morgan fingerprint density at radius 3 is 2.58 bits per heavy atom. The number of aryl methyl sites for hydroxylation is 1. The Kier molecular flexibility index (Phi) is 6.37. The lowest BCUT2D eigenvalue weighted by atomic mass is 10.1. The predicted molar refractivity (Wildman–Crippen MR) is 92.9 cm³/mol. The first-order valence-electron chi connectivity index (χ1n) is 8.41. The molecule has 0 amide bonds. The SMILES string of the molecule is CCc1ccc(C(=O)O)cc1S(=O)(=O)NCCN(C)C1CCCC1. The third-order valence-electron chi connectivity index (χ3n) is 4.69. The zero-order valence-electron chi connectivity index (χ0n) is 14.3. The number of nitrogens with zero attached hydrogens (tertiary/aromatic N) is 1. The van der Waals surface area contributed by atoms with Gasteiger partial charge in [0.05, 0.1) is 10.5 Å². The number of sulfonamides is 1. The topological polar surface area (TPSA) is 86.7 Å². The summed E-state index contributed by atoms with van der Waals surface area (Å²) in [5.41, 5.74) is 0.604. The molecule has 0 radical (unpaired) electrons. The van der Waals surface area contributed by atoms with E-state index in [4.69, 9.17) is 5.11 Å². The number of benzene rings is 1. The van der Waals surface area contributed by atoms with Crippen LogP contribution >= 0.6 is 0 Å². The summed E-state index contributed by atoms with van der Waals surface area (Å²) in [4.78, 5) is 13.4. The summed E-state index contributed by atoms with van der Waals surface area (Å²) < 4.78 is 27.7. The molecule has 1 aliphatic rings. The Morgan fingerprint density at radius 1 is 1.33 bits per heavy atom. The van der Waals surface area contributed by atoms with Gasteiger partial charge in [-0.2, -0.15) is 0 Å². The Balaban J connectivity index is 2.06. The van der Waals surface area contributed by atoms with E-state index in [1.165, 1.54) is 37.8 Å². The number of carbonyl (C=O) groups is 1. The lowest BCUT2D eigenvalue weighted by molar-refractivity contribution is 0.0696. The summed E-state index contributed by atoms with van der Waals surface area (Å²) in [6.45, 7) is 2.81. The number of carboxylic acids is 1. The van der Waals surface area contributed by atoms with E-state index in [-0.39, 0.29) is 10.5 Å². The molecule has 6 nitrogen and oxygen atoms in total. The van der Waals surface area contributed by atoms with E-state index in [0.717, 1.165) is 0 Å². The van der Waals surface area contributed by atoms with Crippen LogP contribution in [0.15, 0.2) is 23.1 Å². The fourth-order valence-corrected chi connectivity index (χ4v) is 4.55. The van der Waals surface area contributed by atoms with Gasteiger partial charge < -0.3 is 10.0 Å². The molecule has 0 atom stereocenters. The normalized spacial score (nSPS) is 16.0. The van der Waals surface area contributed by atoms with Crippen LogP contribution in [0.1, 0.15) is 48.5 Å². The molecule has 1 aromatic rings. The maximum absolute atomic E-state index is 12.6. The van der Waals surface area contributed by atoms with Gasteiger partial charge in [0.25, 0.3) is 0 Å². The van der Waals surface area contributed by atoms with Crippen LogP contribution in [-0.2, 0) is 16.4 Å². The molecule has 7 heteroatoms. The minimum atomic E-state index is -3.72. The molecule has 1 fully saturated rings. The van der Waals surface area contributed by atoms with Crippen LogP contribution in [0.4, 0.5) is 0 Å². The molecule has 1 aromatic carbocycles. The highest BCUT2D eigenvalue weighted by atomic mass is 32.2. The number of hydrogen-bond acceptors (Lipinski definition) is 4. The molecule has 2 rings (SSSR count). The molecule has 1 saturated carbocycles. The third-order valence-corrected chi connectivity index (χ3v) is 6.23. The highest BCUT2D eigenvalue weighted by Crippen LogP contribution is 2.22. The van der Waals surface area contributed by atoms with Crippen molar-refractivity contribution in [2.24, 2.45) is 0 Å². The van der Waals surface area contributed by atoms with Crippen LogP contribution < -0.4 is 4.72 Å². The summed E-state index contributed by atoms with van der Waals surface area (Å²) in [7, 11) is -1.70. The molecule has 2 N–H and O–H groups in total. The van der Waals surface area contributed by atoms with E-state index in [0.29, 0.717) is 31.1 Å². The van der Waals surface area contributed by atoms with Crippen molar-refractivity contribution < 1.29 is 18.3 Å². The zero-order valence-corrected chi connectivity index (χ0v) is 15.1. The average Bonchev–Trinajstić information content (AvgIpc) is 3.08. The van der Waals surface area contributed by atoms with Crippen molar-refractivity contribution in [1.82, 2.24) is 9.62 Å². The second-order valence-corrected chi connectivity index (χ2v) is 8.03. The summed E-state index contributed by atoms with van der Waals surface area (Å²) in [6.07, 6.45) is 5.34. The van der Waals surface area contributed by atoms with Crippen molar-refractivity contribution in [2.45, 2.75) is 50.0 Å². The van der Waals surface area contributed by atoms with Gasteiger partial charge in [0, 0.05) is 19.1 Å². The third kappa shape index (κ3) is 4.55. The van der Waals surface area contributed by atoms with Gasteiger partial charge in [-0.05, 0) is 44.0 Å². The molecular weight excluding hydrogens is 328 g/mol. The van der Waals surface area contributed by atoms with Crippen molar-refractivity contribution in [1.29, 1.82) is 0 Å². The monoisotopic (exact) mass is 354 g/mol. The summed E-state index contributed by atoms with van der Waals surface area (Å²) in [6, 6.07) is 4.79. The highest BCUT2D eigenvalue weighted by molar-refractivity contribution is 7.89. The smallest absolute Gasteiger partial charge is 0.335 e. The number of nitrogens with one attached hydrogen (secondary N) is 1. The fraction of sp³-hybridized carbons (Fsp3) is 0.588. The predicted octanol–water partition coefficient (Wildman–Crippen LogP) is 2.10. The Bertz CT molecular complexity index is 682. The maximum Gasteiger partial charge on any atom is 0.335 e. The van der Waals surface area contributed by atoms with E-state index in [2.05, 4.69) is 9.62 Å². The van der Waals surface area contributed by atoms with Crippen LogP contribution in [0.25, 0.3) is 0 Å². The average molecular weight is 354 g/mol. The second-order valence-electron chi connectivity index (χ2n) is 6.30. The number of aromatic carboxylic acids is 1. The lowest BCUT2D eigenvalue weighted by Crippen LogP contribution is -2.37. The van der Waals surface area contributed by atoms with Gasteiger partial charge in [0.1, 0.15) is 0 Å². The van der Waals surface area contributed by atoms with E-state index < -0.39 is 16.0 Å². The minimum absolute atomic E-state index is 0.0179. The van der Waals surface area contributed by atoms with Gasteiger partial charge >= 0.3 is 5.97 Å². The molecule has 134 valence electrons. The van der Waals surface area contributed by atoms with Gasteiger partial charge in [0.2, 0.25) is 10.0 Å². The molecule has 0 spiro atoms. The zero-order chi connectivity index (χ0) is 17.7. The van der Waals surface area contributed by atoms with Crippen molar-refractivity contribution in [3.63, 3.8) is 0 Å². The van der Waals surface area contributed by atoms with E-state index in [1.54, 1.807) is 6.07 Å². The molecular formula is C17H26N2O4S. The number of rotatable bonds is 8. The molecule has 0 aromatic heterocycles. The largest absolute Gasteiger partial charge is 0.478 e. The van der Waals surface area contributed by atoms with Gasteiger partial charge in [-0.15, -0.1) is 0 Å². The summed E-state index contributed by atoms with van der Waals surface area (Å²) >= 11 is 0. The molecule has 0 saturated heterocycles. The van der Waals surface area contributed by atoms with Crippen molar-refractivity contribution in [2.75, 3.05) is 20.1 Å². The molecule has 0 bridgehead atoms. The highest BCUT2D eigenvalue weighted by Gasteiger charge is 2.22. The quantitative estimate of drug-likeness (QED) is 0.746. The van der Waals surface area contributed by atoms with Crippen molar-refractivity contribution in [3.8, 4) is 0 Å². The Morgan fingerprint density at radius 2 is 2.00 bits per heavy atom. The van der Waals surface area contributed by atoms with E-state index in [9.17, 15) is 13.2 Å². The number of hydrogen-bond donors (Lipinski definition) is 2. The summed E-state index contributed by atoms with van der Waals surface area (Å²) in [5, 5.41) is 9.09. The van der Waals surface area contributed by atoms with Crippen molar-refractivity contribution in [3.05, 3.63) is 29.3 Å². The van der Waals surface area contributed by atoms with Crippen molar-refractivity contribution >= 4 is 16.0 Å². The first kappa shape index (κ1) is 18.9. The van der Waals surface area contributed by atoms with Gasteiger partial charge in [-0.25, -0.2) is 17.9 Å². The second kappa shape index (κ2) is 8.09. The number of likely N-dealkylation sites (N-methyl/N-ethyl adjacent to an activating group) is 1. The van der Waals surface area contributed by atoms with E-state index >= 15 is 0 Å². The molecule has 0 heterocycles. The van der Waals surface area contributed by atoms with Crippen LogP contribution in [0.2, 0.25) is 0 Å². The standard InChI is InChI=1S/C17H26N2O4S/c1-3-13-8-9-14(17(20)21)12-16(13)24(22,23)18-10-11-19(2)15-6-4-5-7-15/h8-9,12,15,18H,3-7,10-11H2,1-2H3,(H,20,21). The molecule has 1 aliphatic carbocycles. The first-order valence-corrected chi connectivity index (χ1v) is 9.89. The van der Waals surface area contributed by atoms with E-state index in [1.807, 2.05) is 14.0 Å². The van der Waals surface area contributed by atoms with Crippen LogP contribution in [0, 0.1) is 0 Å². The first-order chi connectivity index (χ1) is 11.3. The van der Waals surface area contributed by atoms with Gasteiger partial charge in [-0.1, -0.05) is 25.8 Å². The fourth-order valence-electron chi connectivity index (χ4n) is 3.19. The minimum Gasteiger partial charge on any atom is -0.478 e. The van der Waals surface area contributed by atoms with Crippen LogP contribution in [-0.4, -0.2) is 50.6 Å². The molecule has 0 unspecified atom stereocenters. The molecule has 24 heavy (non-hydrogen) atoms. The lowest BCUT2D eigenvalue weighted by Gasteiger charge is -2.24. The number of carboxylic acid groups (broad SMARTS) is 1.